The quantitative estimate of drug-likeness (QED) is 0.612. The number of nitrogens with zero attached hydrogens (tertiary/aromatic N) is 4. The average molecular weight is 335 g/mol. The van der Waals surface area contributed by atoms with Crippen molar-refractivity contribution in [3.8, 4) is 0 Å². The highest BCUT2D eigenvalue weighted by Gasteiger charge is 2.32. The molecule has 0 radical (unpaired) electrons. The average Bonchev–Trinajstić information content (AvgIpc) is 3.31. The van der Waals surface area contributed by atoms with Gasteiger partial charge < -0.3 is 10.2 Å². The van der Waals surface area contributed by atoms with Gasteiger partial charge in [0.1, 0.15) is 0 Å². The summed E-state index contributed by atoms with van der Waals surface area (Å²) in [5, 5.41) is 12.5. The highest BCUT2D eigenvalue weighted by molar-refractivity contribution is 7.99. The summed E-state index contributed by atoms with van der Waals surface area (Å²) < 4.78 is 2.25. The zero-order chi connectivity index (χ0) is 16.2. The molecule has 1 aliphatic heterocycles. The molecule has 0 aromatic carbocycles. The number of thioether (sulfide) groups is 1. The third kappa shape index (κ3) is 4.07. The van der Waals surface area contributed by atoms with E-state index in [1.54, 1.807) is 6.08 Å². The van der Waals surface area contributed by atoms with Crippen LogP contribution in [-0.4, -0.2) is 46.1 Å². The predicted molar refractivity (Wildman–Crippen MR) is 92.8 cm³/mol. The van der Waals surface area contributed by atoms with Gasteiger partial charge in [-0.1, -0.05) is 24.8 Å². The van der Waals surface area contributed by atoms with Gasteiger partial charge >= 0.3 is 0 Å². The van der Waals surface area contributed by atoms with Gasteiger partial charge in [-0.2, -0.15) is 0 Å². The summed E-state index contributed by atoms with van der Waals surface area (Å²) in [7, 11) is 0. The first kappa shape index (κ1) is 16.4. The number of nitrogens with one attached hydrogen (secondary N) is 1. The van der Waals surface area contributed by atoms with Crippen LogP contribution in [0, 0.1) is 5.92 Å². The minimum atomic E-state index is 0.00796. The van der Waals surface area contributed by atoms with Crippen molar-refractivity contribution in [3.63, 3.8) is 0 Å². The number of hydrogen-bond acceptors (Lipinski definition) is 5. The van der Waals surface area contributed by atoms with Crippen LogP contribution >= 0.6 is 11.8 Å². The topological polar surface area (TPSA) is 63.1 Å². The van der Waals surface area contributed by atoms with Crippen molar-refractivity contribution >= 4 is 23.6 Å². The Morgan fingerprint density at radius 2 is 2.09 bits per heavy atom. The van der Waals surface area contributed by atoms with Crippen LogP contribution in [0.15, 0.2) is 17.8 Å². The second-order valence-electron chi connectivity index (χ2n) is 6.43. The van der Waals surface area contributed by atoms with Crippen molar-refractivity contribution in [1.29, 1.82) is 0 Å². The summed E-state index contributed by atoms with van der Waals surface area (Å²) in [4.78, 5) is 14.1. The van der Waals surface area contributed by atoms with E-state index in [-0.39, 0.29) is 5.91 Å². The molecule has 1 aromatic heterocycles. The zero-order valence-electron chi connectivity index (χ0n) is 13.7. The highest BCUT2D eigenvalue weighted by Crippen LogP contribution is 2.41. The Morgan fingerprint density at radius 1 is 1.35 bits per heavy atom. The fourth-order valence-electron chi connectivity index (χ4n) is 2.81. The standard InChI is InChI=1S/C16H25N5OS/c1-3-8-17-14(22)11-23-16-19-18-15(21(16)13-4-5-13)20-9-6-12(2)7-10-20/h3,12-13H,1,4-11H2,2H3,(H,17,22). The second-order valence-corrected chi connectivity index (χ2v) is 7.38. The molecule has 1 aliphatic carbocycles. The predicted octanol–water partition coefficient (Wildman–Crippen LogP) is 2.24. The first-order valence-corrected chi connectivity index (χ1v) is 9.38. The van der Waals surface area contributed by atoms with Crippen molar-refractivity contribution in [2.45, 2.75) is 43.8 Å². The van der Waals surface area contributed by atoms with Gasteiger partial charge in [-0.15, -0.1) is 16.8 Å². The Bertz CT molecular complexity index is 561. The Labute approximate surface area is 141 Å². The summed E-state index contributed by atoms with van der Waals surface area (Å²) in [5.74, 6) is 2.17. The number of carbonyl (C=O) groups excluding carboxylic acids is 1. The maximum Gasteiger partial charge on any atom is 0.230 e. The van der Waals surface area contributed by atoms with Gasteiger partial charge in [0.2, 0.25) is 11.9 Å². The lowest BCUT2D eigenvalue weighted by Crippen LogP contribution is -2.34. The molecule has 0 bridgehead atoms. The lowest BCUT2D eigenvalue weighted by atomic mass is 10.00. The van der Waals surface area contributed by atoms with Crippen LogP contribution < -0.4 is 10.2 Å². The molecule has 126 valence electrons. The van der Waals surface area contributed by atoms with E-state index in [9.17, 15) is 4.79 Å². The maximum atomic E-state index is 11.8. The molecule has 2 heterocycles. The van der Waals surface area contributed by atoms with Crippen molar-refractivity contribution in [2.75, 3.05) is 30.3 Å². The minimum Gasteiger partial charge on any atom is -0.352 e. The van der Waals surface area contributed by atoms with Gasteiger partial charge in [-0.25, -0.2) is 0 Å². The zero-order valence-corrected chi connectivity index (χ0v) is 14.5. The van der Waals surface area contributed by atoms with Crippen LogP contribution in [0.4, 0.5) is 5.95 Å². The fourth-order valence-corrected chi connectivity index (χ4v) is 3.64. The SMILES string of the molecule is C=CCNC(=O)CSc1nnc(N2CCC(C)CC2)n1C1CC1. The molecule has 3 rings (SSSR count). The van der Waals surface area contributed by atoms with Gasteiger partial charge in [0, 0.05) is 25.7 Å². The molecular formula is C16H25N5OS. The van der Waals surface area contributed by atoms with Gasteiger partial charge in [0.05, 0.1) is 5.75 Å². The molecular weight excluding hydrogens is 310 g/mol. The van der Waals surface area contributed by atoms with E-state index in [0.717, 1.165) is 30.1 Å². The van der Waals surface area contributed by atoms with E-state index < -0.39 is 0 Å². The van der Waals surface area contributed by atoms with Crippen LogP contribution in [0.1, 0.15) is 38.6 Å². The third-order valence-corrected chi connectivity index (χ3v) is 5.34. The Morgan fingerprint density at radius 3 is 2.74 bits per heavy atom. The van der Waals surface area contributed by atoms with Gasteiger partial charge in [-0.05, 0) is 31.6 Å². The normalized spacial score (nSPS) is 18.9. The van der Waals surface area contributed by atoms with Crippen LogP contribution in [-0.2, 0) is 4.79 Å². The molecule has 23 heavy (non-hydrogen) atoms. The number of piperidine rings is 1. The molecule has 6 nitrogen and oxygen atoms in total. The Hall–Kier alpha value is -1.50. The third-order valence-electron chi connectivity index (χ3n) is 4.40. The molecule has 1 saturated carbocycles. The van der Waals surface area contributed by atoms with E-state index in [1.807, 2.05) is 0 Å². The summed E-state index contributed by atoms with van der Waals surface area (Å²) in [6.45, 7) is 8.53. The molecule has 7 heteroatoms. The van der Waals surface area contributed by atoms with E-state index in [0.29, 0.717) is 18.3 Å². The van der Waals surface area contributed by atoms with Crippen LogP contribution in [0.5, 0.6) is 0 Å². The number of hydrogen-bond donors (Lipinski definition) is 1. The van der Waals surface area contributed by atoms with Crippen molar-refractivity contribution in [3.05, 3.63) is 12.7 Å². The smallest absolute Gasteiger partial charge is 0.230 e. The molecule has 1 aromatic rings. The van der Waals surface area contributed by atoms with E-state index in [1.165, 1.54) is 37.4 Å². The molecule has 1 saturated heterocycles. The Balaban J connectivity index is 1.66. The molecule has 0 unspecified atom stereocenters. The number of anilines is 1. The van der Waals surface area contributed by atoms with Crippen molar-refractivity contribution < 1.29 is 4.79 Å². The molecule has 1 amide bonds. The van der Waals surface area contributed by atoms with Gasteiger partial charge in [0.25, 0.3) is 0 Å². The fraction of sp³-hybridized carbons (Fsp3) is 0.688. The first-order valence-electron chi connectivity index (χ1n) is 8.39. The second kappa shape index (κ2) is 7.38. The van der Waals surface area contributed by atoms with Crippen LogP contribution in [0.2, 0.25) is 0 Å². The van der Waals surface area contributed by atoms with E-state index in [4.69, 9.17) is 0 Å². The molecule has 2 fully saturated rings. The van der Waals surface area contributed by atoms with Gasteiger partial charge in [0.15, 0.2) is 5.16 Å². The maximum absolute atomic E-state index is 11.8. The lowest BCUT2D eigenvalue weighted by molar-refractivity contribution is -0.118. The number of carbonyl (C=O) groups is 1. The van der Waals surface area contributed by atoms with Crippen LogP contribution in [0.3, 0.4) is 0 Å². The minimum absolute atomic E-state index is 0.00796. The molecule has 0 atom stereocenters. The lowest BCUT2D eigenvalue weighted by Gasteiger charge is -2.31. The Kier molecular flexibility index (Phi) is 5.25. The summed E-state index contributed by atoms with van der Waals surface area (Å²) in [6.07, 6.45) is 6.48. The summed E-state index contributed by atoms with van der Waals surface area (Å²) >= 11 is 1.48. The van der Waals surface area contributed by atoms with Crippen LogP contribution in [0.25, 0.3) is 0 Å². The van der Waals surface area contributed by atoms with Crippen molar-refractivity contribution in [1.82, 2.24) is 20.1 Å². The largest absolute Gasteiger partial charge is 0.352 e. The monoisotopic (exact) mass is 335 g/mol. The van der Waals surface area contributed by atoms with Crippen molar-refractivity contribution in [2.24, 2.45) is 5.92 Å². The number of aromatic nitrogens is 3. The first-order chi connectivity index (χ1) is 11.2. The summed E-state index contributed by atoms with van der Waals surface area (Å²) in [5.41, 5.74) is 0. The summed E-state index contributed by atoms with van der Waals surface area (Å²) in [6, 6.07) is 0.512. The van der Waals surface area contributed by atoms with Gasteiger partial charge in [-0.3, -0.25) is 9.36 Å². The molecule has 2 aliphatic rings. The number of amides is 1. The van der Waals surface area contributed by atoms with E-state index in [2.05, 4.69) is 38.5 Å². The van der Waals surface area contributed by atoms with E-state index >= 15 is 0 Å². The highest BCUT2D eigenvalue weighted by atomic mass is 32.2. The molecule has 0 spiro atoms. The number of rotatable bonds is 7. The molecule has 1 N–H and O–H groups in total.